The maximum atomic E-state index is 13.3. The fourth-order valence-corrected chi connectivity index (χ4v) is 4.06. The van der Waals surface area contributed by atoms with Crippen LogP contribution in [0.1, 0.15) is 48.6 Å². The summed E-state index contributed by atoms with van der Waals surface area (Å²) < 4.78 is 0. The second-order valence-electron chi connectivity index (χ2n) is 7.69. The molecule has 2 aromatic rings. The van der Waals surface area contributed by atoms with Crippen LogP contribution in [0, 0.1) is 12.8 Å². The van der Waals surface area contributed by atoms with Crippen LogP contribution in [0.4, 0.5) is 11.5 Å². The molecule has 5 nitrogen and oxygen atoms in total. The van der Waals surface area contributed by atoms with Crippen LogP contribution in [0.3, 0.4) is 0 Å². The highest BCUT2D eigenvalue weighted by molar-refractivity contribution is 6.06. The lowest BCUT2D eigenvalue weighted by Crippen LogP contribution is -2.37. The van der Waals surface area contributed by atoms with Crippen molar-refractivity contribution in [3.05, 3.63) is 47.4 Å². The van der Waals surface area contributed by atoms with Gasteiger partial charge in [0.15, 0.2) is 0 Å². The zero-order valence-corrected chi connectivity index (χ0v) is 15.8. The molecular formula is C21H26N4O. The van der Waals surface area contributed by atoms with Crippen molar-refractivity contribution in [2.75, 3.05) is 22.9 Å². The molecule has 0 radical (unpaired) electrons. The van der Waals surface area contributed by atoms with Gasteiger partial charge < -0.3 is 9.80 Å². The third kappa shape index (κ3) is 3.06. The first-order chi connectivity index (χ1) is 12.5. The Balaban J connectivity index is 1.64. The van der Waals surface area contributed by atoms with Gasteiger partial charge in [-0.25, -0.2) is 9.97 Å². The van der Waals surface area contributed by atoms with Gasteiger partial charge in [0, 0.05) is 30.9 Å². The van der Waals surface area contributed by atoms with Crippen molar-refractivity contribution in [3.8, 4) is 0 Å². The molecule has 0 spiro atoms. The first kappa shape index (κ1) is 17.0. The summed E-state index contributed by atoms with van der Waals surface area (Å²) in [5, 5.41) is 0. The van der Waals surface area contributed by atoms with Crippen molar-refractivity contribution in [1.82, 2.24) is 9.97 Å². The SMILES string of the molecule is Cc1nc(C(=O)N2c3ccccc3CC2C)cc(N2CCC(C)CC2)n1. The molecule has 2 aliphatic heterocycles. The van der Waals surface area contributed by atoms with Crippen molar-refractivity contribution in [1.29, 1.82) is 0 Å². The van der Waals surface area contributed by atoms with E-state index in [2.05, 4.69) is 34.8 Å². The molecule has 0 aliphatic carbocycles. The van der Waals surface area contributed by atoms with Crippen LogP contribution in [0.15, 0.2) is 30.3 Å². The van der Waals surface area contributed by atoms with E-state index in [1.165, 1.54) is 18.4 Å². The number of para-hydroxylation sites is 1. The van der Waals surface area contributed by atoms with Crippen molar-refractivity contribution >= 4 is 17.4 Å². The number of rotatable bonds is 2. The highest BCUT2D eigenvalue weighted by atomic mass is 16.2. The molecule has 1 aromatic heterocycles. The van der Waals surface area contributed by atoms with Gasteiger partial charge in [-0.1, -0.05) is 25.1 Å². The van der Waals surface area contributed by atoms with Crippen LogP contribution in [0.25, 0.3) is 0 Å². The molecule has 1 amide bonds. The molecule has 1 atom stereocenters. The summed E-state index contributed by atoms with van der Waals surface area (Å²) >= 11 is 0. The Hall–Kier alpha value is -2.43. The van der Waals surface area contributed by atoms with Gasteiger partial charge in [-0.2, -0.15) is 0 Å². The van der Waals surface area contributed by atoms with Gasteiger partial charge in [0.1, 0.15) is 17.3 Å². The number of nitrogens with zero attached hydrogens (tertiary/aromatic N) is 4. The average Bonchev–Trinajstić information content (AvgIpc) is 2.97. The molecule has 1 fully saturated rings. The van der Waals surface area contributed by atoms with Crippen molar-refractivity contribution in [2.45, 2.75) is 46.1 Å². The van der Waals surface area contributed by atoms with Crippen LogP contribution >= 0.6 is 0 Å². The van der Waals surface area contributed by atoms with Crippen LogP contribution in [-0.2, 0) is 6.42 Å². The minimum absolute atomic E-state index is 0.0282. The van der Waals surface area contributed by atoms with E-state index in [0.717, 1.165) is 36.9 Å². The van der Waals surface area contributed by atoms with Crippen LogP contribution < -0.4 is 9.80 Å². The van der Waals surface area contributed by atoms with Crippen molar-refractivity contribution in [3.63, 3.8) is 0 Å². The number of carbonyl (C=O) groups is 1. The number of carbonyl (C=O) groups excluding carboxylic acids is 1. The molecule has 1 unspecified atom stereocenters. The Labute approximate surface area is 155 Å². The lowest BCUT2D eigenvalue weighted by molar-refractivity contribution is 0.0976. The quantitative estimate of drug-likeness (QED) is 0.830. The maximum Gasteiger partial charge on any atom is 0.277 e. The summed E-state index contributed by atoms with van der Waals surface area (Å²) in [5.74, 6) is 2.27. The number of hydrogen-bond donors (Lipinski definition) is 0. The third-order valence-corrected chi connectivity index (χ3v) is 5.58. The summed E-state index contributed by atoms with van der Waals surface area (Å²) in [6, 6.07) is 10.2. The van der Waals surface area contributed by atoms with Crippen molar-refractivity contribution in [2.24, 2.45) is 5.92 Å². The molecule has 0 bridgehead atoms. The van der Waals surface area contributed by atoms with E-state index in [0.29, 0.717) is 11.5 Å². The number of benzene rings is 1. The highest BCUT2D eigenvalue weighted by Gasteiger charge is 2.32. The van der Waals surface area contributed by atoms with Gasteiger partial charge in [-0.05, 0) is 50.7 Å². The minimum Gasteiger partial charge on any atom is -0.356 e. The van der Waals surface area contributed by atoms with E-state index in [1.54, 1.807) is 0 Å². The minimum atomic E-state index is -0.0282. The van der Waals surface area contributed by atoms with Gasteiger partial charge >= 0.3 is 0 Å². The lowest BCUT2D eigenvalue weighted by Gasteiger charge is -2.31. The average molecular weight is 350 g/mol. The second-order valence-corrected chi connectivity index (χ2v) is 7.69. The summed E-state index contributed by atoms with van der Waals surface area (Å²) in [7, 11) is 0. The first-order valence-electron chi connectivity index (χ1n) is 9.55. The Morgan fingerprint density at radius 1 is 1.12 bits per heavy atom. The molecule has 4 rings (SSSR count). The predicted molar refractivity (Wildman–Crippen MR) is 104 cm³/mol. The first-order valence-corrected chi connectivity index (χ1v) is 9.55. The summed E-state index contributed by atoms with van der Waals surface area (Å²) in [5.41, 5.74) is 2.73. The summed E-state index contributed by atoms with van der Waals surface area (Å²) in [6.45, 7) is 8.25. The Bertz CT molecular complexity index is 827. The molecule has 0 saturated carbocycles. The van der Waals surface area contributed by atoms with Crippen LogP contribution in [-0.4, -0.2) is 35.0 Å². The van der Waals surface area contributed by atoms with Gasteiger partial charge in [0.05, 0.1) is 0 Å². The molecule has 2 aliphatic rings. The molecule has 26 heavy (non-hydrogen) atoms. The van der Waals surface area contributed by atoms with Crippen molar-refractivity contribution < 1.29 is 4.79 Å². The number of aromatic nitrogens is 2. The smallest absolute Gasteiger partial charge is 0.277 e. The van der Waals surface area contributed by atoms with Gasteiger partial charge in [-0.15, -0.1) is 0 Å². The van der Waals surface area contributed by atoms with Crippen LogP contribution in [0.5, 0.6) is 0 Å². The number of amides is 1. The monoisotopic (exact) mass is 350 g/mol. The standard InChI is InChI=1S/C21H26N4O/c1-14-8-10-24(11-9-14)20-13-18(22-16(3)23-20)21(26)25-15(2)12-17-6-4-5-7-19(17)25/h4-7,13-15H,8-12H2,1-3H3. The Kier molecular flexibility index (Phi) is 4.39. The summed E-state index contributed by atoms with van der Waals surface area (Å²) in [6.07, 6.45) is 3.23. The van der Waals surface area contributed by atoms with Gasteiger partial charge in [0.25, 0.3) is 5.91 Å². The number of fused-ring (bicyclic) bond motifs is 1. The molecule has 1 saturated heterocycles. The number of hydrogen-bond acceptors (Lipinski definition) is 4. The molecule has 136 valence electrons. The fourth-order valence-electron chi connectivity index (χ4n) is 4.06. The second kappa shape index (κ2) is 6.71. The largest absolute Gasteiger partial charge is 0.356 e. The molecule has 5 heteroatoms. The highest BCUT2D eigenvalue weighted by Crippen LogP contribution is 2.33. The number of anilines is 2. The van der Waals surface area contributed by atoms with E-state index in [9.17, 15) is 4.79 Å². The van der Waals surface area contributed by atoms with E-state index in [-0.39, 0.29) is 11.9 Å². The molecule has 0 N–H and O–H groups in total. The molecule has 3 heterocycles. The summed E-state index contributed by atoms with van der Waals surface area (Å²) in [4.78, 5) is 26.5. The van der Waals surface area contributed by atoms with Gasteiger partial charge in [0.2, 0.25) is 0 Å². The fraction of sp³-hybridized carbons (Fsp3) is 0.476. The van der Waals surface area contributed by atoms with E-state index in [1.807, 2.05) is 36.1 Å². The Morgan fingerprint density at radius 2 is 1.85 bits per heavy atom. The van der Waals surface area contributed by atoms with E-state index < -0.39 is 0 Å². The topological polar surface area (TPSA) is 49.3 Å². The van der Waals surface area contributed by atoms with E-state index in [4.69, 9.17) is 0 Å². The Morgan fingerprint density at radius 3 is 2.62 bits per heavy atom. The maximum absolute atomic E-state index is 13.3. The lowest BCUT2D eigenvalue weighted by atomic mass is 9.99. The predicted octanol–water partition coefficient (Wildman–Crippen LogP) is 3.61. The number of aryl methyl sites for hydroxylation is 1. The molecular weight excluding hydrogens is 324 g/mol. The normalized spacial score (nSPS) is 20.3. The van der Waals surface area contributed by atoms with Gasteiger partial charge in [-0.3, -0.25) is 4.79 Å². The van der Waals surface area contributed by atoms with E-state index >= 15 is 0 Å². The zero-order chi connectivity index (χ0) is 18.3. The van der Waals surface area contributed by atoms with Crippen LogP contribution in [0.2, 0.25) is 0 Å². The molecule has 1 aromatic carbocycles. The zero-order valence-electron chi connectivity index (χ0n) is 15.8. The third-order valence-electron chi connectivity index (χ3n) is 5.58. The number of piperidine rings is 1.